The highest BCUT2D eigenvalue weighted by molar-refractivity contribution is 6.03. The summed E-state index contributed by atoms with van der Waals surface area (Å²) in [5.74, 6) is -0.248. The van der Waals surface area contributed by atoms with E-state index in [1.807, 2.05) is 24.3 Å². The van der Waals surface area contributed by atoms with E-state index in [0.29, 0.717) is 11.1 Å². The summed E-state index contributed by atoms with van der Waals surface area (Å²) < 4.78 is 5.50. The molecule has 0 aliphatic heterocycles. The van der Waals surface area contributed by atoms with Crippen LogP contribution in [-0.4, -0.2) is 24.1 Å². The monoisotopic (exact) mass is 270 g/mol. The zero-order valence-electron chi connectivity index (χ0n) is 11.6. The molecule has 0 aliphatic rings. The first-order valence-corrected chi connectivity index (χ1v) is 6.51. The first-order chi connectivity index (χ1) is 9.63. The minimum absolute atomic E-state index is 0.248. The molecule has 0 amide bonds. The minimum Gasteiger partial charge on any atom is -0.390 e. The number of methoxy groups -OCH3 is 1. The smallest absolute Gasteiger partial charge is 0.201 e. The van der Waals surface area contributed by atoms with Crippen molar-refractivity contribution in [3.8, 4) is 0 Å². The molecule has 0 aromatic heterocycles. The van der Waals surface area contributed by atoms with Crippen molar-refractivity contribution < 1.29 is 14.6 Å². The number of hydrogen-bond acceptors (Lipinski definition) is 3. The average Bonchev–Trinajstić information content (AvgIpc) is 2.50. The molecule has 3 nitrogen and oxygen atoms in total. The van der Waals surface area contributed by atoms with Crippen LogP contribution in [0.15, 0.2) is 60.7 Å². The second kappa shape index (κ2) is 5.99. The predicted molar refractivity (Wildman–Crippen MR) is 77.6 cm³/mol. The Morgan fingerprint density at radius 3 is 2.00 bits per heavy atom. The molecule has 104 valence electrons. The highest BCUT2D eigenvalue weighted by atomic mass is 16.5. The number of hydrogen-bond donors (Lipinski definition) is 1. The van der Waals surface area contributed by atoms with Gasteiger partial charge in [0, 0.05) is 12.7 Å². The molecule has 3 heteroatoms. The van der Waals surface area contributed by atoms with Gasteiger partial charge in [-0.3, -0.25) is 4.79 Å². The summed E-state index contributed by atoms with van der Waals surface area (Å²) in [5, 5.41) is 10.2. The summed E-state index contributed by atoms with van der Waals surface area (Å²) in [4.78, 5) is 12.9. The van der Waals surface area contributed by atoms with E-state index in [2.05, 4.69) is 0 Å². The van der Waals surface area contributed by atoms with Crippen molar-refractivity contribution >= 4 is 5.78 Å². The number of ketones is 1. The maximum absolute atomic E-state index is 12.9. The second-order valence-electron chi connectivity index (χ2n) is 4.68. The average molecular weight is 270 g/mol. The third-order valence-electron chi connectivity index (χ3n) is 3.49. The molecule has 0 saturated heterocycles. The third kappa shape index (κ3) is 2.38. The van der Waals surface area contributed by atoms with Gasteiger partial charge in [-0.2, -0.15) is 0 Å². The fraction of sp³-hybridized carbons (Fsp3) is 0.235. The summed E-state index contributed by atoms with van der Waals surface area (Å²) in [6.45, 7) is 1.57. The Morgan fingerprint density at radius 1 is 1.05 bits per heavy atom. The van der Waals surface area contributed by atoms with Gasteiger partial charge in [0.15, 0.2) is 5.60 Å². The van der Waals surface area contributed by atoms with Crippen LogP contribution in [-0.2, 0) is 10.3 Å². The fourth-order valence-corrected chi connectivity index (χ4v) is 2.43. The number of aliphatic hydroxyl groups excluding tert-OH is 1. The highest BCUT2D eigenvalue weighted by Crippen LogP contribution is 2.33. The van der Waals surface area contributed by atoms with E-state index in [4.69, 9.17) is 4.74 Å². The SMILES string of the molecule is COC(C(=O)c1ccccc1)(c1ccccc1)C(C)O. The zero-order valence-corrected chi connectivity index (χ0v) is 11.6. The molecule has 2 aromatic carbocycles. The fourth-order valence-electron chi connectivity index (χ4n) is 2.43. The molecule has 0 fully saturated rings. The van der Waals surface area contributed by atoms with E-state index in [-0.39, 0.29) is 5.78 Å². The van der Waals surface area contributed by atoms with Gasteiger partial charge in [0.25, 0.3) is 0 Å². The first-order valence-electron chi connectivity index (χ1n) is 6.51. The number of Topliss-reactive ketones (excluding diaryl/α,β-unsaturated/α-hetero) is 1. The van der Waals surface area contributed by atoms with E-state index in [1.165, 1.54) is 7.11 Å². The zero-order chi connectivity index (χ0) is 14.6. The summed E-state index contributed by atoms with van der Waals surface area (Å²) in [6.07, 6.45) is -0.970. The maximum atomic E-state index is 12.9. The van der Waals surface area contributed by atoms with Crippen LogP contribution in [0.4, 0.5) is 0 Å². The number of carbonyl (C=O) groups is 1. The molecule has 2 aromatic rings. The van der Waals surface area contributed by atoms with Crippen molar-refractivity contribution in [2.75, 3.05) is 7.11 Å². The van der Waals surface area contributed by atoms with Crippen LogP contribution in [0.5, 0.6) is 0 Å². The van der Waals surface area contributed by atoms with E-state index in [0.717, 1.165) is 0 Å². The molecule has 0 saturated carbocycles. The molecule has 0 radical (unpaired) electrons. The standard InChI is InChI=1S/C17H18O3/c1-13(18)17(20-2,15-11-7-4-8-12-15)16(19)14-9-5-3-6-10-14/h3-13,18H,1-2H3. The Kier molecular flexibility index (Phi) is 4.32. The summed E-state index contributed by atoms with van der Waals surface area (Å²) >= 11 is 0. The summed E-state index contributed by atoms with van der Waals surface area (Å²) in [5.41, 5.74) is -0.228. The van der Waals surface area contributed by atoms with Gasteiger partial charge in [-0.05, 0) is 12.5 Å². The van der Waals surface area contributed by atoms with Crippen LogP contribution in [0, 0.1) is 0 Å². The van der Waals surface area contributed by atoms with E-state index in [1.54, 1.807) is 43.3 Å². The van der Waals surface area contributed by atoms with Crippen LogP contribution in [0.3, 0.4) is 0 Å². The molecular formula is C17H18O3. The number of ether oxygens (including phenoxy) is 1. The van der Waals surface area contributed by atoms with Crippen molar-refractivity contribution in [3.63, 3.8) is 0 Å². The Labute approximate surface area is 118 Å². The van der Waals surface area contributed by atoms with E-state index < -0.39 is 11.7 Å². The van der Waals surface area contributed by atoms with Crippen LogP contribution >= 0.6 is 0 Å². The lowest BCUT2D eigenvalue weighted by Crippen LogP contribution is -2.47. The van der Waals surface area contributed by atoms with Gasteiger partial charge in [0.05, 0.1) is 6.10 Å². The Balaban J connectivity index is 2.56. The van der Waals surface area contributed by atoms with Crippen LogP contribution in [0.2, 0.25) is 0 Å². The van der Waals surface area contributed by atoms with Gasteiger partial charge in [-0.1, -0.05) is 60.7 Å². The van der Waals surface area contributed by atoms with Crippen molar-refractivity contribution in [2.24, 2.45) is 0 Å². The molecular weight excluding hydrogens is 252 g/mol. The molecule has 0 heterocycles. The lowest BCUT2D eigenvalue weighted by atomic mass is 9.81. The van der Waals surface area contributed by atoms with Gasteiger partial charge >= 0.3 is 0 Å². The third-order valence-corrected chi connectivity index (χ3v) is 3.49. The van der Waals surface area contributed by atoms with Crippen LogP contribution < -0.4 is 0 Å². The van der Waals surface area contributed by atoms with Crippen molar-refractivity contribution in [3.05, 3.63) is 71.8 Å². The molecule has 0 spiro atoms. The number of carbonyl (C=O) groups excluding carboxylic acids is 1. The quantitative estimate of drug-likeness (QED) is 0.850. The molecule has 2 unspecified atom stereocenters. The van der Waals surface area contributed by atoms with Crippen LogP contribution in [0.1, 0.15) is 22.8 Å². The molecule has 0 aliphatic carbocycles. The van der Waals surface area contributed by atoms with Crippen LogP contribution in [0.25, 0.3) is 0 Å². The Bertz CT molecular complexity index is 563. The lowest BCUT2D eigenvalue weighted by molar-refractivity contribution is -0.0731. The van der Waals surface area contributed by atoms with Crippen molar-refractivity contribution in [1.82, 2.24) is 0 Å². The van der Waals surface area contributed by atoms with Crippen molar-refractivity contribution in [1.29, 1.82) is 0 Å². The first kappa shape index (κ1) is 14.4. The molecule has 2 rings (SSSR count). The molecule has 20 heavy (non-hydrogen) atoms. The summed E-state index contributed by atoms with van der Waals surface area (Å²) in [7, 11) is 1.44. The maximum Gasteiger partial charge on any atom is 0.201 e. The van der Waals surface area contributed by atoms with Gasteiger partial charge in [-0.15, -0.1) is 0 Å². The number of aliphatic hydroxyl groups is 1. The van der Waals surface area contributed by atoms with Crippen molar-refractivity contribution in [2.45, 2.75) is 18.6 Å². The molecule has 0 bridgehead atoms. The predicted octanol–water partition coefficient (Wildman–Crippen LogP) is 2.79. The molecule has 1 N–H and O–H groups in total. The number of rotatable bonds is 5. The second-order valence-corrected chi connectivity index (χ2v) is 4.68. The van der Waals surface area contributed by atoms with Gasteiger partial charge in [0.1, 0.15) is 0 Å². The molecule has 2 atom stereocenters. The highest BCUT2D eigenvalue weighted by Gasteiger charge is 2.45. The topological polar surface area (TPSA) is 46.5 Å². The lowest BCUT2D eigenvalue weighted by Gasteiger charge is -2.34. The summed E-state index contributed by atoms with van der Waals surface area (Å²) in [6, 6.07) is 18.0. The Morgan fingerprint density at radius 2 is 1.55 bits per heavy atom. The van der Waals surface area contributed by atoms with Gasteiger partial charge in [0.2, 0.25) is 5.78 Å². The Hall–Kier alpha value is -1.97. The normalized spacial score (nSPS) is 15.3. The largest absolute Gasteiger partial charge is 0.390 e. The van der Waals surface area contributed by atoms with Gasteiger partial charge in [-0.25, -0.2) is 0 Å². The van der Waals surface area contributed by atoms with Gasteiger partial charge < -0.3 is 9.84 Å². The minimum atomic E-state index is -1.39. The van der Waals surface area contributed by atoms with E-state index >= 15 is 0 Å². The van der Waals surface area contributed by atoms with E-state index in [9.17, 15) is 9.90 Å². The number of benzene rings is 2.